The topological polar surface area (TPSA) is 54.3 Å². The van der Waals surface area contributed by atoms with Crippen LogP contribution in [0.25, 0.3) is 0 Å². The zero-order valence-electron chi connectivity index (χ0n) is 13.2. The van der Waals surface area contributed by atoms with Crippen molar-refractivity contribution in [3.05, 3.63) is 58.9 Å². The first-order valence-electron chi connectivity index (χ1n) is 7.37. The third-order valence-corrected chi connectivity index (χ3v) is 3.35. The Morgan fingerprint density at radius 2 is 1.96 bits per heavy atom. The molecule has 2 aromatic rings. The van der Waals surface area contributed by atoms with Gasteiger partial charge in [-0.2, -0.15) is 5.26 Å². The van der Waals surface area contributed by atoms with Crippen molar-refractivity contribution >= 4 is 0 Å². The average molecular weight is 314 g/mol. The molecule has 120 valence electrons. The number of ether oxygens (including phenoxy) is 2. The second-order valence-corrected chi connectivity index (χ2v) is 4.94. The molecule has 1 N–H and O–H groups in total. The molecule has 0 heterocycles. The first kappa shape index (κ1) is 16.8. The van der Waals surface area contributed by atoms with Crippen LogP contribution in [-0.2, 0) is 13.1 Å². The van der Waals surface area contributed by atoms with Gasteiger partial charge in [0.1, 0.15) is 5.82 Å². The van der Waals surface area contributed by atoms with Gasteiger partial charge in [-0.1, -0.05) is 12.1 Å². The van der Waals surface area contributed by atoms with Crippen LogP contribution in [0.1, 0.15) is 23.6 Å². The van der Waals surface area contributed by atoms with Gasteiger partial charge in [-0.25, -0.2) is 4.39 Å². The summed E-state index contributed by atoms with van der Waals surface area (Å²) in [6, 6.07) is 12.1. The predicted molar refractivity (Wildman–Crippen MR) is 85.8 cm³/mol. The van der Waals surface area contributed by atoms with E-state index in [0.29, 0.717) is 42.3 Å². The van der Waals surface area contributed by atoms with Crippen LogP contribution >= 0.6 is 0 Å². The van der Waals surface area contributed by atoms with E-state index >= 15 is 0 Å². The number of nitrogens with one attached hydrogen (secondary N) is 1. The predicted octanol–water partition coefficient (Wildman–Crippen LogP) is 3.39. The van der Waals surface area contributed by atoms with E-state index in [-0.39, 0.29) is 5.82 Å². The van der Waals surface area contributed by atoms with Gasteiger partial charge in [0.25, 0.3) is 0 Å². The molecule has 0 bridgehead atoms. The highest BCUT2D eigenvalue weighted by Crippen LogP contribution is 2.28. The summed E-state index contributed by atoms with van der Waals surface area (Å²) in [4.78, 5) is 0. The SMILES string of the molecule is CCOc1ccc(CNCc2ccc(C#N)cc2F)cc1OC. The summed E-state index contributed by atoms with van der Waals surface area (Å²) in [6.07, 6.45) is 0. The molecule has 0 aliphatic heterocycles. The molecule has 0 atom stereocenters. The minimum Gasteiger partial charge on any atom is -0.493 e. The molecule has 0 saturated heterocycles. The Kier molecular flexibility index (Phi) is 5.95. The van der Waals surface area contributed by atoms with Gasteiger partial charge in [-0.05, 0) is 36.8 Å². The van der Waals surface area contributed by atoms with E-state index in [0.717, 1.165) is 5.56 Å². The number of hydrogen-bond acceptors (Lipinski definition) is 4. The van der Waals surface area contributed by atoms with Gasteiger partial charge in [0.05, 0.1) is 25.3 Å². The van der Waals surface area contributed by atoms with Gasteiger partial charge >= 0.3 is 0 Å². The quantitative estimate of drug-likeness (QED) is 0.851. The van der Waals surface area contributed by atoms with E-state index in [1.54, 1.807) is 19.2 Å². The average Bonchev–Trinajstić information content (AvgIpc) is 2.57. The van der Waals surface area contributed by atoms with E-state index in [1.165, 1.54) is 6.07 Å². The second-order valence-electron chi connectivity index (χ2n) is 4.94. The molecule has 0 spiro atoms. The van der Waals surface area contributed by atoms with Crippen molar-refractivity contribution in [1.29, 1.82) is 5.26 Å². The lowest BCUT2D eigenvalue weighted by Gasteiger charge is -2.12. The van der Waals surface area contributed by atoms with Crippen LogP contribution < -0.4 is 14.8 Å². The van der Waals surface area contributed by atoms with Crippen molar-refractivity contribution in [3.63, 3.8) is 0 Å². The Morgan fingerprint density at radius 1 is 1.13 bits per heavy atom. The summed E-state index contributed by atoms with van der Waals surface area (Å²) >= 11 is 0. The highest BCUT2D eigenvalue weighted by atomic mass is 19.1. The van der Waals surface area contributed by atoms with Crippen LogP contribution in [-0.4, -0.2) is 13.7 Å². The minimum atomic E-state index is -0.374. The standard InChI is InChI=1S/C18H19FN2O2/c1-3-23-17-7-5-14(9-18(17)22-2)11-21-12-15-6-4-13(10-20)8-16(15)19/h4-9,21H,3,11-12H2,1-2H3. The van der Waals surface area contributed by atoms with Crippen molar-refractivity contribution in [2.24, 2.45) is 0 Å². The molecule has 4 nitrogen and oxygen atoms in total. The number of nitrogens with zero attached hydrogens (tertiary/aromatic N) is 1. The van der Waals surface area contributed by atoms with Gasteiger partial charge in [0.2, 0.25) is 0 Å². The number of nitriles is 1. The molecular weight excluding hydrogens is 295 g/mol. The first-order chi connectivity index (χ1) is 11.2. The number of methoxy groups -OCH3 is 1. The molecular formula is C18H19FN2O2. The molecule has 0 radical (unpaired) electrons. The molecule has 0 amide bonds. The summed E-state index contributed by atoms with van der Waals surface area (Å²) in [5, 5.41) is 11.9. The smallest absolute Gasteiger partial charge is 0.161 e. The summed E-state index contributed by atoms with van der Waals surface area (Å²) in [7, 11) is 1.60. The Morgan fingerprint density at radius 3 is 2.61 bits per heavy atom. The largest absolute Gasteiger partial charge is 0.493 e. The lowest BCUT2D eigenvalue weighted by molar-refractivity contribution is 0.310. The molecule has 23 heavy (non-hydrogen) atoms. The monoisotopic (exact) mass is 314 g/mol. The Hall–Kier alpha value is -2.58. The van der Waals surface area contributed by atoms with Crippen LogP contribution in [0, 0.1) is 17.1 Å². The Balaban J connectivity index is 1.97. The van der Waals surface area contributed by atoms with E-state index < -0.39 is 0 Å². The van der Waals surface area contributed by atoms with Gasteiger partial charge < -0.3 is 14.8 Å². The van der Waals surface area contributed by atoms with Crippen LogP contribution in [0.4, 0.5) is 4.39 Å². The first-order valence-corrected chi connectivity index (χ1v) is 7.37. The molecule has 5 heteroatoms. The van der Waals surface area contributed by atoms with E-state index in [1.807, 2.05) is 31.2 Å². The van der Waals surface area contributed by atoms with Crippen LogP contribution in [0.3, 0.4) is 0 Å². The fourth-order valence-electron chi connectivity index (χ4n) is 2.20. The summed E-state index contributed by atoms with van der Waals surface area (Å²) in [5.74, 6) is 1.01. The van der Waals surface area contributed by atoms with Crippen LogP contribution in [0.15, 0.2) is 36.4 Å². The van der Waals surface area contributed by atoms with Gasteiger partial charge in [-0.15, -0.1) is 0 Å². The van der Waals surface area contributed by atoms with E-state index in [9.17, 15) is 4.39 Å². The van der Waals surface area contributed by atoms with Gasteiger partial charge in [0.15, 0.2) is 11.5 Å². The highest BCUT2D eigenvalue weighted by Gasteiger charge is 2.06. The van der Waals surface area contributed by atoms with Crippen molar-refractivity contribution < 1.29 is 13.9 Å². The van der Waals surface area contributed by atoms with E-state index in [4.69, 9.17) is 14.7 Å². The van der Waals surface area contributed by atoms with Crippen molar-refractivity contribution in [2.45, 2.75) is 20.0 Å². The highest BCUT2D eigenvalue weighted by molar-refractivity contribution is 5.43. The summed E-state index contributed by atoms with van der Waals surface area (Å²) in [6.45, 7) is 3.45. The van der Waals surface area contributed by atoms with Crippen molar-refractivity contribution in [3.8, 4) is 17.6 Å². The zero-order chi connectivity index (χ0) is 16.7. The third-order valence-electron chi connectivity index (χ3n) is 3.35. The zero-order valence-corrected chi connectivity index (χ0v) is 13.2. The lowest BCUT2D eigenvalue weighted by Crippen LogP contribution is -2.14. The minimum absolute atomic E-state index is 0.322. The summed E-state index contributed by atoms with van der Waals surface area (Å²) in [5.41, 5.74) is 1.86. The third kappa shape index (κ3) is 4.44. The molecule has 0 unspecified atom stereocenters. The van der Waals surface area contributed by atoms with Gasteiger partial charge in [0, 0.05) is 18.7 Å². The Labute approximate surface area is 135 Å². The summed E-state index contributed by atoms with van der Waals surface area (Å²) < 4.78 is 24.6. The number of halogens is 1. The van der Waals surface area contributed by atoms with Crippen molar-refractivity contribution in [2.75, 3.05) is 13.7 Å². The molecule has 0 aromatic heterocycles. The molecule has 0 saturated carbocycles. The van der Waals surface area contributed by atoms with Crippen LogP contribution in [0.5, 0.6) is 11.5 Å². The Bertz CT molecular complexity index is 711. The second kappa shape index (κ2) is 8.16. The maximum absolute atomic E-state index is 13.8. The normalized spacial score (nSPS) is 10.2. The maximum atomic E-state index is 13.8. The fourth-order valence-corrected chi connectivity index (χ4v) is 2.20. The molecule has 0 aliphatic rings. The molecule has 0 aliphatic carbocycles. The lowest BCUT2D eigenvalue weighted by atomic mass is 10.1. The van der Waals surface area contributed by atoms with E-state index in [2.05, 4.69) is 5.32 Å². The molecule has 2 aromatic carbocycles. The number of benzene rings is 2. The number of hydrogen-bond donors (Lipinski definition) is 1. The van der Waals surface area contributed by atoms with Gasteiger partial charge in [-0.3, -0.25) is 0 Å². The molecule has 0 fully saturated rings. The van der Waals surface area contributed by atoms with Crippen LogP contribution in [0.2, 0.25) is 0 Å². The molecule has 2 rings (SSSR count). The fraction of sp³-hybridized carbons (Fsp3) is 0.278. The maximum Gasteiger partial charge on any atom is 0.161 e. The number of rotatable bonds is 7. The van der Waals surface area contributed by atoms with Crippen molar-refractivity contribution in [1.82, 2.24) is 5.32 Å².